The van der Waals surface area contributed by atoms with Gasteiger partial charge in [0.2, 0.25) is 0 Å². The van der Waals surface area contributed by atoms with E-state index in [1.165, 1.54) is 35.0 Å². The van der Waals surface area contributed by atoms with Crippen molar-refractivity contribution < 1.29 is 4.79 Å². The van der Waals surface area contributed by atoms with Crippen molar-refractivity contribution in [1.29, 1.82) is 0 Å². The molecule has 142 valence electrons. The standard InChI is InChI=1S/C19H23N5O2S/c1-11(2)5-6-24-12(3)7-15(13(24)4)16-10-27-19(21-16)22-18(26)14-8-17(25)23-20-9-14/h7-11H,5-6H2,1-4H3,(H,23,25)(H,21,22,26). The number of rotatable bonds is 6. The van der Waals surface area contributed by atoms with Crippen LogP contribution in [0.3, 0.4) is 0 Å². The molecule has 0 saturated carbocycles. The van der Waals surface area contributed by atoms with Crippen LogP contribution in [0.1, 0.15) is 42.0 Å². The van der Waals surface area contributed by atoms with E-state index in [4.69, 9.17) is 0 Å². The van der Waals surface area contributed by atoms with Gasteiger partial charge < -0.3 is 4.57 Å². The summed E-state index contributed by atoms with van der Waals surface area (Å²) in [5, 5.41) is 11.0. The van der Waals surface area contributed by atoms with Gasteiger partial charge in [-0.2, -0.15) is 5.10 Å². The van der Waals surface area contributed by atoms with Crippen LogP contribution >= 0.6 is 11.3 Å². The number of hydrogen-bond donors (Lipinski definition) is 2. The van der Waals surface area contributed by atoms with Crippen molar-refractivity contribution >= 4 is 22.4 Å². The Balaban J connectivity index is 1.79. The average Bonchev–Trinajstić information content (AvgIpc) is 3.17. The molecular weight excluding hydrogens is 362 g/mol. The molecular formula is C19H23N5O2S. The molecule has 3 aromatic rings. The SMILES string of the molecule is Cc1cc(-c2csc(NC(=O)c3cn[nH]c(=O)c3)n2)c(C)n1CCC(C)C. The third kappa shape index (κ3) is 4.33. The largest absolute Gasteiger partial charge is 0.348 e. The number of aryl methyl sites for hydroxylation is 1. The predicted molar refractivity (Wildman–Crippen MR) is 107 cm³/mol. The molecule has 2 N–H and O–H groups in total. The van der Waals surface area contributed by atoms with Crippen molar-refractivity contribution in [3.8, 4) is 11.3 Å². The van der Waals surface area contributed by atoms with Crippen molar-refractivity contribution in [2.24, 2.45) is 5.92 Å². The summed E-state index contributed by atoms with van der Waals surface area (Å²) in [6.45, 7) is 9.63. The zero-order valence-electron chi connectivity index (χ0n) is 15.9. The van der Waals surface area contributed by atoms with Gasteiger partial charge in [-0.1, -0.05) is 13.8 Å². The number of thiazole rings is 1. The lowest BCUT2D eigenvalue weighted by molar-refractivity contribution is 0.102. The molecule has 0 aliphatic heterocycles. The molecule has 27 heavy (non-hydrogen) atoms. The fraction of sp³-hybridized carbons (Fsp3) is 0.368. The Morgan fingerprint density at radius 2 is 2.11 bits per heavy atom. The monoisotopic (exact) mass is 385 g/mol. The summed E-state index contributed by atoms with van der Waals surface area (Å²) in [5.41, 5.74) is 4.07. The summed E-state index contributed by atoms with van der Waals surface area (Å²) >= 11 is 1.35. The Morgan fingerprint density at radius 1 is 1.33 bits per heavy atom. The summed E-state index contributed by atoms with van der Waals surface area (Å²) in [7, 11) is 0. The average molecular weight is 385 g/mol. The molecule has 3 aromatic heterocycles. The molecule has 0 aliphatic carbocycles. The normalized spacial score (nSPS) is 11.1. The minimum absolute atomic E-state index is 0.197. The highest BCUT2D eigenvalue weighted by Crippen LogP contribution is 2.30. The maximum Gasteiger partial charge on any atom is 0.264 e. The number of aromatic nitrogens is 4. The molecule has 1 amide bonds. The number of carbonyl (C=O) groups is 1. The van der Waals surface area contributed by atoms with Crippen LogP contribution in [-0.4, -0.2) is 25.7 Å². The van der Waals surface area contributed by atoms with Crippen LogP contribution in [0.5, 0.6) is 0 Å². The molecule has 3 heterocycles. The number of carbonyl (C=O) groups excluding carboxylic acids is 1. The molecule has 0 unspecified atom stereocenters. The molecule has 8 heteroatoms. The maximum absolute atomic E-state index is 12.2. The van der Waals surface area contributed by atoms with Gasteiger partial charge >= 0.3 is 0 Å². The van der Waals surface area contributed by atoms with E-state index in [1.54, 1.807) is 0 Å². The van der Waals surface area contributed by atoms with Gasteiger partial charge in [0.25, 0.3) is 11.5 Å². The molecule has 0 bridgehead atoms. The molecule has 0 spiro atoms. The number of anilines is 1. The predicted octanol–water partition coefficient (Wildman–Crippen LogP) is 3.61. The summed E-state index contributed by atoms with van der Waals surface area (Å²) < 4.78 is 2.31. The lowest BCUT2D eigenvalue weighted by Gasteiger charge is -2.11. The van der Waals surface area contributed by atoms with Gasteiger partial charge in [0.15, 0.2) is 5.13 Å². The Bertz CT molecular complexity index is 1020. The smallest absolute Gasteiger partial charge is 0.264 e. The van der Waals surface area contributed by atoms with Crippen LogP contribution in [0.15, 0.2) is 28.5 Å². The van der Waals surface area contributed by atoms with Crippen LogP contribution in [0, 0.1) is 19.8 Å². The van der Waals surface area contributed by atoms with E-state index in [0.717, 1.165) is 24.2 Å². The minimum Gasteiger partial charge on any atom is -0.348 e. The number of hydrogen-bond acceptors (Lipinski definition) is 5. The van der Waals surface area contributed by atoms with Gasteiger partial charge in [-0.3, -0.25) is 14.9 Å². The number of amides is 1. The summed E-state index contributed by atoms with van der Waals surface area (Å²) in [6.07, 6.45) is 2.44. The lowest BCUT2D eigenvalue weighted by atomic mass is 10.1. The van der Waals surface area contributed by atoms with Crippen molar-refractivity contribution in [3.63, 3.8) is 0 Å². The van der Waals surface area contributed by atoms with Crippen LogP contribution in [0.4, 0.5) is 5.13 Å². The van der Waals surface area contributed by atoms with Crippen molar-refractivity contribution in [3.05, 3.63) is 51.0 Å². The zero-order valence-corrected chi connectivity index (χ0v) is 16.7. The van der Waals surface area contributed by atoms with Crippen LogP contribution < -0.4 is 10.9 Å². The van der Waals surface area contributed by atoms with Crippen molar-refractivity contribution in [1.82, 2.24) is 19.7 Å². The Hall–Kier alpha value is -2.74. The Labute approximate surface area is 161 Å². The second-order valence-electron chi connectivity index (χ2n) is 6.94. The highest BCUT2D eigenvalue weighted by molar-refractivity contribution is 7.14. The molecule has 0 radical (unpaired) electrons. The van der Waals surface area contributed by atoms with E-state index >= 15 is 0 Å². The van der Waals surface area contributed by atoms with E-state index < -0.39 is 11.5 Å². The van der Waals surface area contributed by atoms with E-state index in [9.17, 15) is 9.59 Å². The van der Waals surface area contributed by atoms with E-state index in [-0.39, 0.29) is 5.56 Å². The van der Waals surface area contributed by atoms with Gasteiger partial charge in [0.05, 0.1) is 17.5 Å². The number of aromatic amines is 1. The first-order chi connectivity index (χ1) is 12.8. The van der Waals surface area contributed by atoms with E-state index in [0.29, 0.717) is 11.0 Å². The third-order valence-corrected chi connectivity index (χ3v) is 5.19. The summed E-state index contributed by atoms with van der Waals surface area (Å²) in [5.74, 6) is 0.243. The number of nitrogens with zero attached hydrogens (tertiary/aromatic N) is 3. The first-order valence-electron chi connectivity index (χ1n) is 8.84. The molecule has 0 saturated heterocycles. The highest BCUT2D eigenvalue weighted by atomic mass is 32.1. The van der Waals surface area contributed by atoms with Gasteiger partial charge in [-0.25, -0.2) is 10.1 Å². The summed E-state index contributed by atoms with van der Waals surface area (Å²) in [4.78, 5) is 28.1. The minimum atomic E-state index is -0.420. The topological polar surface area (TPSA) is 92.7 Å². The zero-order chi connectivity index (χ0) is 19.6. The number of nitrogens with one attached hydrogen (secondary N) is 2. The van der Waals surface area contributed by atoms with Gasteiger partial charge in [-0.05, 0) is 32.3 Å². The quantitative estimate of drug-likeness (QED) is 0.678. The first-order valence-corrected chi connectivity index (χ1v) is 9.72. The maximum atomic E-state index is 12.2. The van der Waals surface area contributed by atoms with Crippen molar-refractivity contribution in [2.45, 2.75) is 40.7 Å². The van der Waals surface area contributed by atoms with Crippen LogP contribution in [0.2, 0.25) is 0 Å². The lowest BCUT2D eigenvalue weighted by Crippen LogP contribution is -2.16. The van der Waals surface area contributed by atoms with Gasteiger partial charge in [0.1, 0.15) is 0 Å². The Morgan fingerprint density at radius 3 is 2.81 bits per heavy atom. The third-order valence-electron chi connectivity index (χ3n) is 4.43. The molecule has 0 aliphatic rings. The molecule has 0 fully saturated rings. The van der Waals surface area contributed by atoms with Gasteiger partial charge in [-0.15, -0.1) is 11.3 Å². The second kappa shape index (κ2) is 7.87. The number of H-pyrrole nitrogens is 1. The molecule has 0 aromatic carbocycles. The van der Waals surface area contributed by atoms with Crippen molar-refractivity contribution in [2.75, 3.05) is 5.32 Å². The fourth-order valence-electron chi connectivity index (χ4n) is 2.92. The van der Waals surface area contributed by atoms with Crippen LogP contribution in [-0.2, 0) is 6.54 Å². The van der Waals surface area contributed by atoms with Gasteiger partial charge in [0, 0.05) is 34.9 Å². The molecule has 3 rings (SSSR count). The molecule has 7 nitrogen and oxygen atoms in total. The summed E-state index contributed by atoms with van der Waals surface area (Å²) in [6, 6.07) is 3.34. The Kier molecular flexibility index (Phi) is 5.55. The highest BCUT2D eigenvalue weighted by Gasteiger charge is 2.15. The second-order valence-corrected chi connectivity index (χ2v) is 7.80. The van der Waals surface area contributed by atoms with E-state index in [1.807, 2.05) is 5.38 Å². The molecule has 0 atom stereocenters. The first kappa shape index (κ1) is 19.0. The fourth-order valence-corrected chi connectivity index (χ4v) is 3.62. The van der Waals surface area contributed by atoms with Crippen LogP contribution in [0.25, 0.3) is 11.3 Å². The van der Waals surface area contributed by atoms with E-state index in [2.05, 4.69) is 58.8 Å².